The minimum Gasteiger partial charge on any atom is -0.264 e. The Morgan fingerprint density at radius 2 is 2.33 bits per heavy atom. The Kier molecular flexibility index (Phi) is 0.890. The fraction of sp³-hybridized carbons (Fsp3) is 0.125. The smallest absolute Gasteiger partial charge is 0.0343 e. The van der Waals surface area contributed by atoms with Crippen LogP contribution in [0.3, 0.4) is 0 Å². The molecule has 0 saturated carbocycles. The van der Waals surface area contributed by atoms with Gasteiger partial charge in [-0.3, -0.25) is 4.98 Å². The van der Waals surface area contributed by atoms with Gasteiger partial charge in [-0.1, -0.05) is 12.1 Å². The summed E-state index contributed by atoms with van der Waals surface area (Å²) >= 11 is 0. The minimum atomic E-state index is 1.16. The molecule has 1 nitrogen and oxygen atoms in total. The maximum atomic E-state index is 4.01. The average molecular weight is 117 g/mol. The van der Waals surface area contributed by atoms with Gasteiger partial charge < -0.3 is 0 Å². The van der Waals surface area contributed by atoms with Gasteiger partial charge in [0.15, 0.2) is 0 Å². The Balaban J connectivity index is 2.40. The highest BCUT2D eigenvalue weighted by Gasteiger charge is 2.08. The minimum absolute atomic E-state index is 1.16. The monoisotopic (exact) mass is 117 g/mol. The van der Waals surface area contributed by atoms with E-state index in [9.17, 15) is 0 Å². The van der Waals surface area contributed by atoms with Crippen LogP contribution in [0.2, 0.25) is 0 Å². The van der Waals surface area contributed by atoms with E-state index >= 15 is 0 Å². The lowest BCUT2D eigenvalue weighted by Gasteiger charge is -1.88. The number of allylic oxidation sites excluding steroid dienone is 2. The van der Waals surface area contributed by atoms with E-state index in [0.29, 0.717) is 0 Å². The average Bonchev–Trinajstić information content (AvgIpc) is 2.71. The van der Waals surface area contributed by atoms with E-state index in [4.69, 9.17) is 0 Å². The molecule has 0 saturated heterocycles. The quantitative estimate of drug-likeness (QED) is 0.547. The summed E-state index contributed by atoms with van der Waals surface area (Å²) in [5, 5.41) is 0. The summed E-state index contributed by atoms with van der Waals surface area (Å²) in [7, 11) is 0. The van der Waals surface area contributed by atoms with Crippen LogP contribution < -0.4 is 0 Å². The van der Waals surface area contributed by atoms with Gasteiger partial charge in [0.2, 0.25) is 0 Å². The van der Waals surface area contributed by atoms with E-state index in [2.05, 4.69) is 17.1 Å². The second-order valence-electron chi connectivity index (χ2n) is 2.18. The first-order valence-electron chi connectivity index (χ1n) is 3.06. The summed E-state index contributed by atoms with van der Waals surface area (Å²) in [6, 6.07) is 4.06. The Bertz CT molecular complexity index is 236. The van der Waals surface area contributed by atoms with Gasteiger partial charge in [-0.15, -0.1) is 0 Å². The molecular weight excluding hydrogens is 110 g/mol. The summed E-state index contributed by atoms with van der Waals surface area (Å²) in [4.78, 5) is 4.01. The van der Waals surface area contributed by atoms with Crippen LogP contribution in [0, 0.1) is 0 Å². The molecule has 0 fully saturated rings. The fourth-order valence-corrected chi connectivity index (χ4v) is 0.839. The van der Waals surface area contributed by atoms with Gasteiger partial charge in [-0.05, 0) is 23.6 Å². The van der Waals surface area contributed by atoms with Crippen LogP contribution >= 0.6 is 0 Å². The lowest BCUT2D eigenvalue weighted by atomic mass is 10.2. The molecule has 2 rings (SSSR count). The molecule has 0 unspecified atom stereocenters. The van der Waals surface area contributed by atoms with Crippen molar-refractivity contribution in [2.75, 3.05) is 0 Å². The van der Waals surface area contributed by atoms with Gasteiger partial charge in [0.25, 0.3) is 0 Å². The first-order valence-corrected chi connectivity index (χ1v) is 3.06. The largest absolute Gasteiger partial charge is 0.264 e. The maximum Gasteiger partial charge on any atom is 0.0343 e. The molecule has 44 valence electrons. The number of hydrogen-bond acceptors (Lipinski definition) is 1. The lowest BCUT2D eigenvalue weighted by molar-refractivity contribution is 1.31. The van der Waals surface area contributed by atoms with E-state index in [1.165, 1.54) is 11.1 Å². The predicted molar refractivity (Wildman–Crippen MR) is 36.8 cm³/mol. The molecule has 1 aliphatic rings. The first kappa shape index (κ1) is 4.74. The fourth-order valence-electron chi connectivity index (χ4n) is 0.839. The van der Waals surface area contributed by atoms with Gasteiger partial charge in [0, 0.05) is 12.4 Å². The van der Waals surface area contributed by atoms with Crippen molar-refractivity contribution in [2.24, 2.45) is 0 Å². The van der Waals surface area contributed by atoms with Crippen LogP contribution in [0.15, 0.2) is 30.6 Å². The Labute approximate surface area is 54.1 Å². The van der Waals surface area contributed by atoms with Crippen molar-refractivity contribution >= 4 is 5.57 Å². The molecule has 0 bridgehead atoms. The zero-order valence-corrected chi connectivity index (χ0v) is 5.04. The SMILES string of the molecule is C1=C(c2cccnc2)C1. The van der Waals surface area contributed by atoms with Gasteiger partial charge in [-0.25, -0.2) is 0 Å². The van der Waals surface area contributed by atoms with E-state index in [-0.39, 0.29) is 0 Å². The molecule has 9 heavy (non-hydrogen) atoms. The molecule has 0 spiro atoms. The van der Waals surface area contributed by atoms with Crippen LogP contribution in [0.4, 0.5) is 0 Å². The summed E-state index contributed by atoms with van der Waals surface area (Å²) in [5.41, 5.74) is 2.71. The molecule has 0 amide bonds. The normalized spacial score (nSPS) is 14.9. The third-order valence-corrected chi connectivity index (χ3v) is 1.44. The summed E-state index contributed by atoms with van der Waals surface area (Å²) in [6.07, 6.45) is 7.06. The third-order valence-electron chi connectivity index (χ3n) is 1.44. The zero-order valence-electron chi connectivity index (χ0n) is 5.04. The molecule has 1 aromatic heterocycles. The van der Waals surface area contributed by atoms with Crippen molar-refractivity contribution in [3.05, 3.63) is 36.2 Å². The topological polar surface area (TPSA) is 12.9 Å². The Hall–Kier alpha value is -1.11. The number of pyridine rings is 1. The van der Waals surface area contributed by atoms with E-state index < -0.39 is 0 Å². The molecule has 1 aromatic rings. The van der Waals surface area contributed by atoms with Gasteiger partial charge in [0.05, 0.1) is 0 Å². The number of rotatable bonds is 1. The van der Waals surface area contributed by atoms with Crippen LogP contribution in [0.25, 0.3) is 5.57 Å². The molecule has 0 aliphatic heterocycles. The van der Waals surface area contributed by atoms with Gasteiger partial charge in [0.1, 0.15) is 0 Å². The Morgan fingerprint density at radius 3 is 2.89 bits per heavy atom. The third kappa shape index (κ3) is 0.854. The van der Waals surface area contributed by atoms with Crippen molar-refractivity contribution in [3.63, 3.8) is 0 Å². The highest BCUT2D eigenvalue weighted by molar-refractivity contribution is 5.76. The zero-order chi connectivity index (χ0) is 6.10. The molecule has 0 atom stereocenters. The molecule has 1 heterocycles. The van der Waals surface area contributed by atoms with Crippen LogP contribution in [0.5, 0.6) is 0 Å². The summed E-state index contributed by atoms with van der Waals surface area (Å²) in [6.45, 7) is 0. The van der Waals surface area contributed by atoms with Crippen molar-refractivity contribution in [2.45, 2.75) is 6.42 Å². The number of hydrogen-bond donors (Lipinski definition) is 0. The van der Waals surface area contributed by atoms with Crippen molar-refractivity contribution in [3.8, 4) is 0 Å². The van der Waals surface area contributed by atoms with Crippen LogP contribution in [0.1, 0.15) is 12.0 Å². The van der Waals surface area contributed by atoms with E-state index in [1.54, 1.807) is 6.20 Å². The summed E-state index contributed by atoms with van der Waals surface area (Å²) < 4.78 is 0. The number of aromatic nitrogens is 1. The van der Waals surface area contributed by atoms with Crippen LogP contribution in [-0.2, 0) is 0 Å². The van der Waals surface area contributed by atoms with Crippen molar-refractivity contribution in [1.82, 2.24) is 4.98 Å². The van der Waals surface area contributed by atoms with Gasteiger partial charge in [-0.2, -0.15) is 0 Å². The molecule has 1 aliphatic carbocycles. The predicted octanol–water partition coefficient (Wildman–Crippen LogP) is 1.87. The van der Waals surface area contributed by atoms with E-state index in [0.717, 1.165) is 6.42 Å². The summed E-state index contributed by atoms with van der Waals surface area (Å²) in [5.74, 6) is 0. The molecule has 1 heteroatoms. The van der Waals surface area contributed by atoms with E-state index in [1.807, 2.05) is 12.3 Å². The first-order chi connectivity index (χ1) is 4.47. The second-order valence-corrected chi connectivity index (χ2v) is 2.18. The molecule has 0 aromatic carbocycles. The highest BCUT2D eigenvalue weighted by atomic mass is 14.6. The van der Waals surface area contributed by atoms with Crippen molar-refractivity contribution in [1.29, 1.82) is 0 Å². The maximum absolute atomic E-state index is 4.01. The second kappa shape index (κ2) is 1.69. The van der Waals surface area contributed by atoms with Crippen LogP contribution in [-0.4, -0.2) is 4.98 Å². The number of nitrogens with zero attached hydrogens (tertiary/aromatic N) is 1. The standard InChI is InChI=1S/C8H7N/c1-2-8(6-9-5-1)7-3-4-7/h1-3,5-6H,4H2. The molecule has 0 N–H and O–H groups in total. The molecular formula is C8H7N. The van der Waals surface area contributed by atoms with Gasteiger partial charge >= 0.3 is 0 Å². The highest BCUT2D eigenvalue weighted by Crippen LogP contribution is 2.29. The Morgan fingerprint density at radius 1 is 1.44 bits per heavy atom. The van der Waals surface area contributed by atoms with Crippen molar-refractivity contribution < 1.29 is 0 Å². The molecule has 0 radical (unpaired) electrons. The lowest BCUT2D eigenvalue weighted by Crippen LogP contribution is -1.73.